The molecule has 0 saturated carbocycles. The monoisotopic (exact) mass is 378 g/mol. The standard InChI is InChI=1S/C21H19ClN4O/c1-12(2)19-18(25-17-7-9-24-20-15(17)6-8-23-20)11-16(21(27)26-19)13-4-3-5-14(22)10-13/h3-12H,1-2H3,(H,26,27)(H2,23,24,25). The van der Waals surface area contributed by atoms with Crippen LogP contribution in [0.25, 0.3) is 22.2 Å². The number of hydrogen-bond acceptors (Lipinski definition) is 3. The summed E-state index contributed by atoms with van der Waals surface area (Å²) in [4.78, 5) is 23.2. The Kier molecular flexibility index (Phi) is 4.46. The molecule has 0 atom stereocenters. The minimum absolute atomic E-state index is 0.131. The maximum Gasteiger partial charge on any atom is 0.256 e. The second-order valence-electron chi connectivity index (χ2n) is 6.73. The molecular formula is C21H19ClN4O. The van der Waals surface area contributed by atoms with E-state index < -0.39 is 0 Å². The smallest absolute Gasteiger partial charge is 0.256 e. The van der Waals surface area contributed by atoms with E-state index in [0.29, 0.717) is 10.6 Å². The average molecular weight is 379 g/mol. The SMILES string of the molecule is CC(C)c1[nH]c(=O)c(-c2cccc(Cl)c2)cc1Nc1ccnc2[nH]ccc12. The number of rotatable bonds is 4. The lowest BCUT2D eigenvalue weighted by molar-refractivity contribution is 0.820. The van der Waals surface area contributed by atoms with E-state index in [4.69, 9.17) is 11.6 Å². The van der Waals surface area contributed by atoms with Crippen molar-refractivity contribution in [3.05, 3.63) is 75.9 Å². The molecular weight excluding hydrogens is 360 g/mol. The van der Waals surface area contributed by atoms with Gasteiger partial charge in [-0.2, -0.15) is 0 Å². The number of aromatic nitrogens is 3. The summed E-state index contributed by atoms with van der Waals surface area (Å²) in [5.74, 6) is 0.150. The van der Waals surface area contributed by atoms with Crippen LogP contribution in [0, 0.1) is 0 Å². The first-order valence-electron chi connectivity index (χ1n) is 8.75. The van der Waals surface area contributed by atoms with Crippen LogP contribution in [0.3, 0.4) is 0 Å². The molecule has 0 spiro atoms. The van der Waals surface area contributed by atoms with E-state index >= 15 is 0 Å². The maximum absolute atomic E-state index is 12.7. The van der Waals surface area contributed by atoms with E-state index in [0.717, 1.165) is 33.7 Å². The summed E-state index contributed by atoms with van der Waals surface area (Å²) >= 11 is 6.11. The Hall–Kier alpha value is -3.05. The topological polar surface area (TPSA) is 73.6 Å². The first-order chi connectivity index (χ1) is 13.0. The quantitative estimate of drug-likeness (QED) is 0.442. The van der Waals surface area contributed by atoms with E-state index in [1.54, 1.807) is 18.3 Å². The second kappa shape index (κ2) is 6.93. The molecule has 0 bridgehead atoms. The van der Waals surface area contributed by atoms with Gasteiger partial charge < -0.3 is 15.3 Å². The molecule has 4 rings (SSSR count). The highest BCUT2D eigenvalue weighted by atomic mass is 35.5. The molecule has 3 N–H and O–H groups in total. The molecule has 3 heterocycles. The molecule has 6 heteroatoms. The lowest BCUT2D eigenvalue weighted by Crippen LogP contribution is -2.15. The number of fused-ring (bicyclic) bond motifs is 1. The van der Waals surface area contributed by atoms with Gasteiger partial charge in [0.1, 0.15) is 5.65 Å². The van der Waals surface area contributed by atoms with Crippen molar-refractivity contribution in [3.63, 3.8) is 0 Å². The number of benzene rings is 1. The van der Waals surface area contributed by atoms with Crippen molar-refractivity contribution in [2.45, 2.75) is 19.8 Å². The van der Waals surface area contributed by atoms with Crippen LogP contribution in [-0.2, 0) is 0 Å². The molecule has 0 aliphatic heterocycles. The molecule has 0 amide bonds. The van der Waals surface area contributed by atoms with Gasteiger partial charge in [0.15, 0.2) is 0 Å². The van der Waals surface area contributed by atoms with Gasteiger partial charge in [-0.1, -0.05) is 37.6 Å². The first kappa shape index (κ1) is 17.4. The molecule has 0 radical (unpaired) electrons. The van der Waals surface area contributed by atoms with Crippen LogP contribution in [0.5, 0.6) is 0 Å². The fourth-order valence-electron chi connectivity index (χ4n) is 3.19. The highest BCUT2D eigenvalue weighted by molar-refractivity contribution is 6.30. The Morgan fingerprint density at radius 2 is 1.96 bits per heavy atom. The molecule has 3 aromatic heterocycles. The van der Waals surface area contributed by atoms with Crippen LogP contribution in [0.15, 0.2) is 59.7 Å². The van der Waals surface area contributed by atoms with Gasteiger partial charge in [-0.15, -0.1) is 0 Å². The third-order valence-corrected chi connectivity index (χ3v) is 4.75. The second-order valence-corrected chi connectivity index (χ2v) is 7.16. The maximum atomic E-state index is 12.7. The van der Waals surface area contributed by atoms with Crippen molar-refractivity contribution in [3.8, 4) is 11.1 Å². The first-order valence-corrected chi connectivity index (χ1v) is 9.13. The van der Waals surface area contributed by atoms with Crippen molar-refractivity contribution in [1.29, 1.82) is 0 Å². The molecule has 0 fully saturated rings. The van der Waals surface area contributed by atoms with Gasteiger partial charge in [0.25, 0.3) is 5.56 Å². The average Bonchev–Trinajstić information content (AvgIpc) is 3.12. The summed E-state index contributed by atoms with van der Waals surface area (Å²) in [6.07, 6.45) is 3.61. The normalized spacial score (nSPS) is 11.3. The highest BCUT2D eigenvalue weighted by Crippen LogP contribution is 2.31. The van der Waals surface area contributed by atoms with E-state index in [9.17, 15) is 4.79 Å². The van der Waals surface area contributed by atoms with Crippen LogP contribution in [0.4, 0.5) is 11.4 Å². The molecule has 1 aromatic carbocycles. The van der Waals surface area contributed by atoms with Gasteiger partial charge in [0.2, 0.25) is 0 Å². The number of halogens is 1. The zero-order chi connectivity index (χ0) is 19.0. The zero-order valence-corrected chi connectivity index (χ0v) is 15.8. The predicted molar refractivity (Wildman–Crippen MR) is 111 cm³/mol. The fourth-order valence-corrected chi connectivity index (χ4v) is 3.38. The molecule has 0 unspecified atom stereocenters. The van der Waals surface area contributed by atoms with E-state index in [1.165, 1.54) is 0 Å². The summed E-state index contributed by atoms with van der Waals surface area (Å²) in [5, 5.41) is 5.06. The highest BCUT2D eigenvalue weighted by Gasteiger charge is 2.14. The minimum Gasteiger partial charge on any atom is -0.353 e. The Labute approximate surface area is 161 Å². The van der Waals surface area contributed by atoms with Crippen LogP contribution in [0.1, 0.15) is 25.5 Å². The third-order valence-electron chi connectivity index (χ3n) is 4.51. The number of H-pyrrole nitrogens is 2. The molecule has 4 aromatic rings. The van der Waals surface area contributed by atoms with Gasteiger partial charge in [-0.05, 0) is 41.8 Å². The van der Waals surface area contributed by atoms with Gasteiger partial charge >= 0.3 is 0 Å². The summed E-state index contributed by atoms with van der Waals surface area (Å²) in [5.41, 5.74) is 4.66. The molecule has 136 valence electrons. The van der Waals surface area contributed by atoms with Crippen molar-refractivity contribution >= 4 is 34.0 Å². The number of anilines is 2. The van der Waals surface area contributed by atoms with Crippen LogP contribution < -0.4 is 10.9 Å². The van der Waals surface area contributed by atoms with Crippen molar-refractivity contribution in [2.75, 3.05) is 5.32 Å². The summed E-state index contributed by atoms with van der Waals surface area (Å²) in [6.45, 7) is 4.10. The van der Waals surface area contributed by atoms with Crippen LogP contribution >= 0.6 is 11.6 Å². The summed E-state index contributed by atoms with van der Waals surface area (Å²) in [6, 6.07) is 13.1. The van der Waals surface area contributed by atoms with Crippen LogP contribution in [0.2, 0.25) is 5.02 Å². The van der Waals surface area contributed by atoms with Gasteiger partial charge in [-0.3, -0.25) is 4.79 Å². The Morgan fingerprint density at radius 1 is 1.11 bits per heavy atom. The van der Waals surface area contributed by atoms with Crippen LogP contribution in [-0.4, -0.2) is 15.0 Å². The Morgan fingerprint density at radius 3 is 2.74 bits per heavy atom. The lowest BCUT2D eigenvalue weighted by atomic mass is 10.0. The predicted octanol–water partition coefficient (Wildman–Crippen LogP) is 5.44. The minimum atomic E-state index is -0.131. The Balaban J connectivity index is 1.86. The van der Waals surface area contributed by atoms with E-state index in [1.807, 2.05) is 50.4 Å². The van der Waals surface area contributed by atoms with Gasteiger partial charge in [0, 0.05) is 34.1 Å². The molecule has 5 nitrogen and oxygen atoms in total. The fraction of sp³-hybridized carbons (Fsp3) is 0.143. The van der Waals surface area contributed by atoms with Crippen molar-refractivity contribution in [1.82, 2.24) is 15.0 Å². The van der Waals surface area contributed by atoms with E-state index in [-0.39, 0.29) is 11.5 Å². The number of nitrogens with zero attached hydrogens (tertiary/aromatic N) is 1. The van der Waals surface area contributed by atoms with Crippen molar-refractivity contribution in [2.24, 2.45) is 0 Å². The zero-order valence-electron chi connectivity index (χ0n) is 15.0. The molecule has 0 aliphatic carbocycles. The number of pyridine rings is 2. The molecule has 27 heavy (non-hydrogen) atoms. The summed E-state index contributed by atoms with van der Waals surface area (Å²) < 4.78 is 0. The van der Waals surface area contributed by atoms with Crippen molar-refractivity contribution < 1.29 is 0 Å². The van der Waals surface area contributed by atoms with E-state index in [2.05, 4.69) is 20.3 Å². The molecule has 0 aliphatic rings. The Bertz CT molecular complexity index is 1180. The largest absolute Gasteiger partial charge is 0.353 e. The van der Waals surface area contributed by atoms with Gasteiger partial charge in [0.05, 0.1) is 11.4 Å². The molecule has 0 saturated heterocycles. The number of hydrogen-bond donors (Lipinski definition) is 3. The van der Waals surface area contributed by atoms with Gasteiger partial charge in [-0.25, -0.2) is 4.98 Å². The summed E-state index contributed by atoms with van der Waals surface area (Å²) in [7, 11) is 0. The number of aromatic amines is 2. The number of nitrogens with one attached hydrogen (secondary N) is 3. The lowest BCUT2D eigenvalue weighted by Gasteiger charge is -2.16. The third kappa shape index (κ3) is 3.34.